The van der Waals surface area contributed by atoms with Gasteiger partial charge in [-0.1, -0.05) is 6.58 Å². The Balaban J connectivity index is 0.000000275. The van der Waals surface area contributed by atoms with Crippen molar-refractivity contribution in [1.82, 2.24) is 25.1 Å². The number of aromatic nitrogens is 2. The number of phenols is 1. The van der Waals surface area contributed by atoms with Gasteiger partial charge >= 0.3 is 0 Å². The molecule has 0 unspecified atom stereocenters. The highest BCUT2D eigenvalue weighted by molar-refractivity contribution is 6.00. The molecule has 8 rings (SSSR count). The summed E-state index contributed by atoms with van der Waals surface area (Å²) in [5.41, 5.74) is 5.16. The van der Waals surface area contributed by atoms with Crippen molar-refractivity contribution in [2.24, 2.45) is 22.6 Å². The van der Waals surface area contributed by atoms with Crippen molar-refractivity contribution in [1.29, 1.82) is 0 Å². The standard InChI is InChI=1S/C21H23FN4O3.C16H19FN2O3.C6H6FNO.3F2/c1-12-6-7-24-18(8-12)29-14-4-5-17(22)15(10-14)21-11-28-13(2)9-16(21)19(27)26(3)20(23)25-21;1-9-6-13-15(21)19(3)10(2)18-16(13,8-22-9)12-7-11(20)4-5-14(12)17;1-9-5-2-3-8-6(7)4-5;3*1-2/h4-8,10,13,16H,9,11H2,1-3H3,(H2,23,25);4-5,7,9,13,18,20H,2,6,8H2,1,3H3;2-4H,1H3;;;/t13-,16-,21+;9-,13-,16+;;;;/m00..../s1. The summed E-state index contributed by atoms with van der Waals surface area (Å²) in [5.74, 6) is -1.23. The van der Waals surface area contributed by atoms with Gasteiger partial charge in [0, 0.05) is 77.2 Å². The molecular weight excluding hydrogens is 897 g/mol. The van der Waals surface area contributed by atoms with Crippen LogP contribution in [-0.4, -0.2) is 89.3 Å². The Bertz CT molecular complexity index is 2320. The summed E-state index contributed by atoms with van der Waals surface area (Å²) in [5, 5.41) is 12.9. The first kappa shape index (κ1) is 53.7. The van der Waals surface area contributed by atoms with Crippen LogP contribution in [0.5, 0.6) is 23.1 Å². The van der Waals surface area contributed by atoms with Gasteiger partial charge in [-0.25, -0.2) is 23.7 Å². The number of aromatic hydroxyl groups is 1. The third kappa shape index (κ3) is 12.0. The molecule has 2 aromatic heterocycles. The van der Waals surface area contributed by atoms with Gasteiger partial charge in [-0.15, -0.1) is 0 Å². The third-order valence-corrected chi connectivity index (χ3v) is 11.1. The summed E-state index contributed by atoms with van der Waals surface area (Å²) in [7, 11) is 4.69. The Morgan fingerprint density at radius 2 is 1.38 bits per heavy atom. The van der Waals surface area contributed by atoms with Crippen LogP contribution in [0.25, 0.3) is 0 Å². The van der Waals surface area contributed by atoms with Gasteiger partial charge < -0.3 is 40.0 Å². The van der Waals surface area contributed by atoms with Gasteiger partial charge in [0.05, 0.1) is 44.4 Å². The molecule has 6 heterocycles. The molecule has 4 N–H and O–H groups in total. The van der Waals surface area contributed by atoms with Crippen LogP contribution in [0.2, 0.25) is 0 Å². The largest absolute Gasteiger partial charge is 0.508 e. The van der Waals surface area contributed by atoms with E-state index in [0.717, 1.165) is 5.56 Å². The van der Waals surface area contributed by atoms with Gasteiger partial charge in [0.15, 0.2) is 5.96 Å². The smallest absolute Gasteiger partial charge is 0.235 e. The second-order valence-electron chi connectivity index (χ2n) is 15.1. The second-order valence-corrected chi connectivity index (χ2v) is 15.1. The zero-order chi connectivity index (χ0) is 49.5. The molecule has 4 aliphatic rings. The monoisotopic (exact) mass is 945 g/mol. The molecule has 14 nitrogen and oxygen atoms in total. The number of aliphatic imine (C=N–C) groups is 1. The number of halogens is 9. The highest BCUT2D eigenvalue weighted by atomic mass is 20.0. The highest BCUT2D eigenvalue weighted by Crippen LogP contribution is 2.47. The number of aryl methyl sites for hydroxylation is 1. The maximum Gasteiger partial charge on any atom is 0.235 e. The van der Waals surface area contributed by atoms with Crippen LogP contribution in [0.3, 0.4) is 0 Å². The van der Waals surface area contributed by atoms with E-state index in [4.69, 9.17) is 52.1 Å². The number of guanidine groups is 1. The molecule has 0 radical (unpaired) electrons. The van der Waals surface area contributed by atoms with Crippen molar-refractivity contribution in [2.75, 3.05) is 34.4 Å². The molecule has 0 bridgehead atoms. The fourth-order valence-corrected chi connectivity index (χ4v) is 7.73. The van der Waals surface area contributed by atoms with Crippen LogP contribution < -0.4 is 20.5 Å². The van der Waals surface area contributed by atoms with E-state index in [1.54, 1.807) is 38.5 Å². The predicted octanol–water partition coefficient (Wildman–Crippen LogP) is 8.16. The van der Waals surface area contributed by atoms with Crippen LogP contribution in [0.1, 0.15) is 43.4 Å². The molecule has 0 spiro atoms. The molecular formula is C43H48F9N7O7. The zero-order valence-corrected chi connectivity index (χ0v) is 36.4. The molecule has 0 aliphatic carbocycles. The number of pyridine rings is 2. The summed E-state index contributed by atoms with van der Waals surface area (Å²) in [6, 6.07) is 14.7. The number of hydrogen-bond donors (Lipinski definition) is 3. The molecule has 2 amide bonds. The molecule has 3 fully saturated rings. The lowest BCUT2D eigenvalue weighted by Crippen LogP contribution is -2.65. The average molecular weight is 946 g/mol. The van der Waals surface area contributed by atoms with E-state index >= 15 is 4.39 Å². The molecule has 23 heteroatoms. The molecule has 3 saturated heterocycles. The maximum absolute atomic E-state index is 15.0. The number of methoxy groups -OCH3 is 1. The maximum atomic E-state index is 15.0. The summed E-state index contributed by atoms with van der Waals surface area (Å²) < 4.78 is 112. The van der Waals surface area contributed by atoms with Crippen LogP contribution in [-0.2, 0) is 30.1 Å². The Kier molecular flexibility index (Phi) is 19.6. The van der Waals surface area contributed by atoms with E-state index in [9.17, 15) is 23.5 Å². The molecule has 0 saturated carbocycles. The summed E-state index contributed by atoms with van der Waals surface area (Å²) in [6.45, 7) is 9.73. The van der Waals surface area contributed by atoms with E-state index in [1.807, 2.05) is 26.8 Å². The number of hydrogen-bond acceptors (Lipinski definition) is 12. The van der Waals surface area contributed by atoms with Gasteiger partial charge in [-0.05, 0) is 87.7 Å². The number of rotatable bonds is 5. The minimum atomic E-state index is -1.23. The van der Waals surface area contributed by atoms with Gasteiger partial charge in [0.1, 0.15) is 45.8 Å². The number of nitrogens with one attached hydrogen (secondary N) is 1. The SMILES string of the molecule is C=C1N[C@@]2(c3cc(O)ccc3F)CO[C@@H](C)C[C@H]2C(=O)N1C.COc1ccnc(F)c1.Cc1ccnc(Oc2ccc(F)c([C@]34CO[C@@H](C)C[C@H]3C(=O)N(C)C(N)=N4)c2)c1.FF.FF.FF. The number of carbonyl (C=O) groups is 2. The number of nitrogens with zero attached hydrogens (tertiary/aromatic N) is 5. The van der Waals surface area contributed by atoms with Crippen molar-refractivity contribution in [3.8, 4) is 23.1 Å². The van der Waals surface area contributed by atoms with Crippen LogP contribution in [0.4, 0.5) is 40.6 Å². The lowest BCUT2D eigenvalue weighted by molar-refractivity contribution is -0.153. The van der Waals surface area contributed by atoms with Crippen LogP contribution in [0.15, 0.2) is 90.4 Å². The van der Waals surface area contributed by atoms with Crippen molar-refractivity contribution in [3.63, 3.8) is 0 Å². The number of phenolic OH excluding ortho intramolecular Hbond substituents is 1. The second kappa shape index (κ2) is 24.1. The Morgan fingerprint density at radius 3 is 2.00 bits per heavy atom. The molecule has 2 aromatic carbocycles. The molecule has 4 aromatic rings. The predicted molar refractivity (Wildman–Crippen MR) is 221 cm³/mol. The first-order chi connectivity index (χ1) is 31.5. The number of nitrogens with two attached hydrogens (primary N) is 1. The Morgan fingerprint density at radius 1 is 0.788 bits per heavy atom. The normalized spacial score (nSPS) is 23.8. The summed E-state index contributed by atoms with van der Waals surface area (Å²) >= 11 is 0. The van der Waals surface area contributed by atoms with E-state index < -0.39 is 40.5 Å². The minimum Gasteiger partial charge on any atom is -0.508 e. The molecule has 66 heavy (non-hydrogen) atoms. The van der Waals surface area contributed by atoms with Crippen molar-refractivity contribution < 1.29 is 74.3 Å². The fourth-order valence-electron chi connectivity index (χ4n) is 7.73. The first-order valence-electron chi connectivity index (χ1n) is 19.6. The van der Waals surface area contributed by atoms with Gasteiger partial charge in [-0.2, -0.15) is 4.39 Å². The highest BCUT2D eigenvalue weighted by Gasteiger charge is 2.55. The van der Waals surface area contributed by atoms with Crippen LogP contribution >= 0.6 is 0 Å². The zero-order valence-electron chi connectivity index (χ0n) is 36.4. The van der Waals surface area contributed by atoms with Crippen LogP contribution in [0, 0.1) is 36.3 Å². The molecule has 6 atom stereocenters. The van der Waals surface area contributed by atoms with Gasteiger partial charge in [-0.3, -0.25) is 14.5 Å². The van der Waals surface area contributed by atoms with Crippen molar-refractivity contribution in [2.45, 2.75) is 56.9 Å². The number of carbonyl (C=O) groups excluding carboxylic acids is 2. The molecule has 4 aliphatic heterocycles. The summed E-state index contributed by atoms with van der Waals surface area (Å²) in [4.78, 5) is 40.5. The van der Waals surface area contributed by atoms with E-state index in [1.165, 1.54) is 59.5 Å². The van der Waals surface area contributed by atoms with Gasteiger partial charge in [0.25, 0.3) is 0 Å². The lowest BCUT2D eigenvalue weighted by Gasteiger charge is -2.51. The molecule has 360 valence electrons. The summed E-state index contributed by atoms with van der Waals surface area (Å²) in [6.07, 6.45) is 3.65. The van der Waals surface area contributed by atoms with Crippen molar-refractivity contribution >= 4 is 17.8 Å². The number of benzene rings is 2. The Hall–Kier alpha value is -6.62. The average Bonchev–Trinajstić information content (AvgIpc) is 3.32. The fraction of sp³-hybridized carbons (Fsp3) is 0.372. The lowest BCUT2D eigenvalue weighted by atomic mass is 9.72. The Labute approximate surface area is 373 Å². The number of amides is 2. The van der Waals surface area contributed by atoms with Crippen molar-refractivity contribution in [3.05, 3.63) is 120 Å². The van der Waals surface area contributed by atoms with Gasteiger partial charge in [0.2, 0.25) is 23.6 Å². The number of ether oxygens (including phenoxy) is 4. The topological polar surface area (TPSA) is 174 Å². The number of fused-ring (bicyclic) bond motifs is 2. The van der Waals surface area contributed by atoms with E-state index in [0.29, 0.717) is 36.0 Å². The third-order valence-electron chi connectivity index (χ3n) is 11.1. The van der Waals surface area contributed by atoms with E-state index in [2.05, 4.69) is 26.9 Å². The first-order valence-corrected chi connectivity index (χ1v) is 19.6. The quantitative estimate of drug-likeness (QED) is 0.130. The minimum absolute atomic E-state index is 0.0375. The van der Waals surface area contributed by atoms with E-state index in [-0.39, 0.29) is 60.1 Å².